The summed E-state index contributed by atoms with van der Waals surface area (Å²) in [6.07, 6.45) is 8.57. The van der Waals surface area contributed by atoms with Crippen LogP contribution in [0.5, 0.6) is 11.5 Å². The van der Waals surface area contributed by atoms with Crippen LogP contribution in [-0.2, 0) is 66.7 Å². The minimum atomic E-state index is -1.18. The molecule has 0 aromatic heterocycles. The molecule has 12 fully saturated rings. The van der Waals surface area contributed by atoms with Gasteiger partial charge in [-0.25, -0.2) is 33.6 Å². The predicted molar refractivity (Wildman–Crippen MR) is 293 cm³/mol. The summed E-state index contributed by atoms with van der Waals surface area (Å²) >= 11 is 5.55. The molecule has 0 saturated heterocycles. The highest BCUT2D eigenvalue weighted by atomic mass is 35.5. The molecule has 0 radical (unpaired) electrons. The van der Waals surface area contributed by atoms with Gasteiger partial charge in [-0.15, -0.1) is 11.6 Å². The van der Waals surface area contributed by atoms with E-state index in [-0.39, 0.29) is 71.1 Å². The molecule has 0 heterocycles. The number of phenols is 2. The Balaban J connectivity index is 0.000000174. The van der Waals surface area contributed by atoms with Crippen LogP contribution in [0, 0.1) is 17.8 Å². The lowest BCUT2D eigenvalue weighted by molar-refractivity contribution is -0.273. The summed E-state index contributed by atoms with van der Waals surface area (Å²) in [6, 6.07) is 10.6. The molecule has 14 rings (SSSR count). The largest absolute Gasteiger partial charge is 0.508 e. The van der Waals surface area contributed by atoms with Crippen LogP contribution in [0.25, 0.3) is 0 Å². The number of benzene rings is 2. The minimum absolute atomic E-state index is 0.0332. The van der Waals surface area contributed by atoms with Crippen LogP contribution < -0.4 is 0 Å². The summed E-state index contributed by atoms with van der Waals surface area (Å²) in [6.45, 7) is 14.2. The van der Waals surface area contributed by atoms with E-state index in [1.54, 1.807) is 13.8 Å². The smallest absolute Gasteiger partial charge is 0.344 e. The molecule has 21 nitrogen and oxygen atoms in total. The second-order valence-electron chi connectivity index (χ2n) is 26.1. The first-order valence-corrected chi connectivity index (χ1v) is 28.7. The summed E-state index contributed by atoms with van der Waals surface area (Å²) in [5.41, 5.74) is -7.21. The van der Waals surface area contributed by atoms with Crippen LogP contribution in [0.3, 0.4) is 0 Å². The number of phenolic OH excluding ortho intramolecular Hbond substituents is 2. The van der Waals surface area contributed by atoms with Crippen molar-refractivity contribution in [1.29, 1.82) is 0 Å². The fourth-order valence-corrected chi connectivity index (χ4v) is 16.6. The molecular formula is C62H73ClO21. The SMILES string of the molecule is C=C(C)C(=O)OC12CC3CC(O)(CC(O)(C3)C1)C2.C=C(C)C(=O)OC12CC3CC(O)(CC(OC(=O)CCl)(C3)C1)C2.C=C(C)C(=O)OC12CC3CC(OC(=O)COC(=O)c4ccc(O)cc4)(CC(OC(=O)COC(=O)c4ccc(O)cc4)(C3)C1)C2. The number of halogens is 1. The van der Waals surface area contributed by atoms with Gasteiger partial charge in [0.2, 0.25) is 0 Å². The molecule has 8 atom stereocenters. The molecule has 12 saturated carbocycles. The van der Waals surface area contributed by atoms with Gasteiger partial charge in [-0.2, -0.15) is 0 Å². The molecular weight excluding hydrogens is 1120 g/mol. The molecule has 0 spiro atoms. The van der Waals surface area contributed by atoms with E-state index in [1.165, 1.54) is 55.5 Å². The number of hydrogen-bond acceptors (Lipinski definition) is 21. The predicted octanol–water partition coefficient (Wildman–Crippen LogP) is 6.93. The van der Waals surface area contributed by atoms with Gasteiger partial charge >= 0.3 is 47.8 Å². The van der Waals surface area contributed by atoms with Crippen LogP contribution in [0.15, 0.2) is 85.0 Å². The normalized spacial score (nSPS) is 35.3. The zero-order valence-electron chi connectivity index (χ0n) is 47.5. The summed E-state index contributed by atoms with van der Waals surface area (Å²) in [5.74, 6) is -5.19. The molecule has 12 bridgehead atoms. The molecule has 22 heteroatoms. The lowest BCUT2D eigenvalue weighted by Gasteiger charge is -2.63. The summed E-state index contributed by atoms with van der Waals surface area (Å²) in [7, 11) is 0. The number of aromatic hydroxyl groups is 2. The standard InChI is InChI=1S/C32H32O12.C16H21ClO5.C14H20O4/c1-19(2)27(37)44-32-13-20-11-30(17-32,42-25(35)14-40-28(38)21-3-7-23(33)8-4-21)16-31(12-20,18-32)43-26(36)15-41-29(39)22-5-9-24(34)10-6-22;1-10(2)13(19)22-16-5-11-3-14(20,8-16)7-15(4-11,9-16)21-12(18)6-17;1-9(2)11(15)18-14-5-10-3-12(16,7-14)6-13(17,4-10)8-14/h3-10,20,33-34H,1,11-18H2,2H3;11,20H,1,3-9H2,2H3;10,16-17H,1,3-8H2,2H3. The van der Waals surface area contributed by atoms with Crippen LogP contribution in [0.2, 0.25) is 0 Å². The van der Waals surface area contributed by atoms with E-state index in [9.17, 15) is 63.9 Å². The molecule has 8 unspecified atom stereocenters. The Morgan fingerprint density at radius 2 is 0.679 bits per heavy atom. The second-order valence-corrected chi connectivity index (χ2v) is 26.4. The number of aliphatic hydroxyl groups is 3. The van der Waals surface area contributed by atoms with Crippen LogP contribution in [0.4, 0.5) is 0 Å². The zero-order chi connectivity index (χ0) is 61.1. The van der Waals surface area contributed by atoms with Crippen molar-refractivity contribution in [2.45, 2.75) is 187 Å². The third-order valence-electron chi connectivity index (χ3n) is 17.7. The third kappa shape index (κ3) is 13.6. The van der Waals surface area contributed by atoms with Crippen molar-refractivity contribution in [2.75, 3.05) is 19.1 Å². The number of carbonyl (C=O) groups is 8. The number of hydrogen-bond donors (Lipinski definition) is 5. The average Bonchev–Trinajstić information content (AvgIpc) is 2.73. The van der Waals surface area contributed by atoms with Gasteiger partial charge in [0.15, 0.2) is 13.2 Å². The van der Waals surface area contributed by atoms with Gasteiger partial charge in [0, 0.05) is 74.5 Å². The van der Waals surface area contributed by atoms with E-state index < -0.39 is 111 Å². The summed E-state index contributed by atoms with van der Waals surface area (Å²) in [4.78, 5) is 98.7. The number of ether oxygens (including phenoxy) is 8. The molecule has 12 aliphatic rings. The highest BCUT2D eigenvalue weighted by molar-refractivity contribution is 6.26. The number of rotatable bonds is 16. The molecule has 454 valence electrons. The molecule has 12 aliphatic carbocycles. The topological polar surface area (TPSA) is 312 Å². The van der Waals surface area contributed by atoms with E-state index in [2.05, 4.69) is 19.7 Å². The van der Waals surface area contributed by atoms with E-state index in [1.807, 2.05) is 0 Å². The summed E-state index contributed by atoms with van der Waals surface area (Å²) in [5, 5.41) is 50.7. The summed E-state index contributed by atoms with van der Waals surface area (Å²) < 4.78 is 44.9. The van der Waals surface area contributed by atoms with Gasteiger partial charge in [0.25, 0.3) is 0 Å². The van der Waals surface area contributed by atoms with Gasteiger partial charge < -0.3 is 63.4 Å². The van der Waals surface area contributed by atoms with E-state index >= 15 is 0 Å². The van der Waals surface area contributed by atoms with Gasteiger partial charge in [0.1, 0.15) is 51.0 Å². The Hall–Kier alpha value is -6.81. The van der Waals surface area contributed by atoms with E-state index in [4.69, 9.17) is 49.5 Å². The monoisotopic (exact) mass is 1190 g/mol. The maximum absolute atomic E-state index is 13.0. The third-order valence-corrected chi connectivity index (χ3v) is 17.9. The highest BCUT2D eigenvalue weighted by Gasteiger charge is 2.70. The quantitative estimate of drug-likeness (QED) is 0.0492. The molecule has 5 N–H and O–H groups in total. The highest BCUT2D eigenvalue weighted by Crippen LogP contribution is 2.65. The van der Waals surface area contributed by atoms with Crippen molar-refractivity contribution in [1.82, 2.24) is 0 Å². The molecule has 0 amide bonds. The van der Waals surface area contributed by atoms with Gasteiger partial charge in [-0.3, -0.25) is 4.79 Å². The van der Waals surface area contributed by atoms with Crippen LogP contribution in [0.1, 0.15) is 157 Å². The fraction of sp³-hybridized carbons (Fsp3) is 0.581. The zero-order valence-corrected chi connectivity index (χ0v) is 48.2. The number of alkyl halides is 1. The lowest BCUT2D eigenvalue weighted by atomic mass is 9.50. The molecule has 2 aromatic rings. The average molecular weight is 1190 g/mol. The van der Waals surface area contributed by atoms with Gasteiger partial charge in [0.05, 0.1) is 27.9 Å². The lowest BCUT2D eigenvalue weighted by Crippen LogP contribution is -2.69. The van der Waals surface area contributed by atoms with Crippen molar-refractivity contribution in [3.63, 3.8) is 0 Å². The van der Waals surface area contributed by atoms with Crippen molar-refractivity contribution >= 4 is 59.4 Å². The molecule has 84 heavy (non-hydrogen) atoms. The van der Waals surface area contributed by atoms with Crippen molar-refractivity contribution in [3.05, 3.63) is 96.1 Å². The van der Waals surface area contributed by atoms with Crippen molar-refractivity contribution in [2.24, 2.45) is 17.8 Å². The maximum atomic E-state index is 13.0. The first kappa shape index (κ1) is 61.7. The van der Waals surface area contributed by atoms with Crippen molar-refractivity contribution in [3.8, 4) is 11.5 Å². The molecule has 2 aromatic carbocycles. The Morgan fingerprint density at radius 1 is 0.417 bits per heavy atom. The Morgan fingerprint density at radius 3 is 0.988 bits per heavy atom. The van der Waals surface area contributed by atoms with Crippen molar-refractivity contribution < 1.29 is 102 Å². The van der Waals surface area contributed by atoms with E-state index in [0.717, 1.165) is 19.3 Å². The Labute approximate surface area is 490 Å². The van der Waals surface area contributed by atoms with Gasteiger partial charge in [-0.05, 0) is 145 Å². The Bertz CT molecular complexity index is 2930. The first-order chi connectivity index (χ1) is 39.2. The first-order valence-electron chi connectivity index (χ1n) is 28.2. The van der Waals surface area contributed by atoms with Gasteiger partial charge in [-0.1, -0.05) is 19.7 Å². The maximum Gasteiger partial charge on any atom is 0.344 e. The van der Waals surface area contributed by atoms with Crippen LogP contribution >= 0.6 is 11.6 Å². The van der Waals surface area contributed by atoms with E-state index in [0.29, 0.717) is 88.2 Å². The minimum Gasteiger partial charge on any atom is -0.508 e. The van der Waals surface area contributed by atoms with Crippen LogP contribution in [-0.4, -0.2) is 143 Å². The number of carbonyl (C=O) groups excluding carboxylic acids is 8. The Kier molecular flexibility index (Phi) is 16.6. The fourth-order valence-electron chi connectivity index (χ4n) is 16.6. The number of esters is 8. The molecule has 0 aliphatic heterocycles. The second kappa shape index (κ2) is 22.6.